The van der Waals surface area contributed by atoms with E-state index in [0.29, 0.717) is 0 Å². The zero-order valence-corrected chi connectivity index (χ0v) is 27.9. The molecule has 0 aromatic carbocycles. The quantitative estimate of drug-likeness (QED) is 0.238. The van der Waals surface area contributed by atoms with E-state index in [4.69, 9.17) is 0 Å². The molecule has 0 saturated carbocycles. The average molecular weight is 567 g/mol. The molecular formula is C40H54O2. The third kappa shape index (κ3) is 11.7. The minimum atomic E-state index is -0.259. The van der Waals surface area contributed by atoms with Gasteiger partial charge in [0.25, 0.3) is 0 Å². The topological polar surface area (TPSA) is 40.5 Å². The van der Waals surface area contributed by atoms with E-state index in [1.54, 1.807) is 0 Å². The van der Waals surface area contributed by atoms with E-state index >= 15 is 0 Å². The van der Waals surface area contributed by atoms with Gasteiger partial charge in [-0.1, -0.05) is 122 Å². The molecule has 0 heterocycles. The molecule has 0 aliphatic heterocycles. The van der Waals surface area contributed by atoms with Crippen LogP contribution in [0, 0.1) is 34.5 Å². The average Bonchev–Trinajstić information content (AvgIpc) is 2.84. The van der Waals surface area contributed by atoms with Crippen LogP contribution in [0.15, 0.2) is 93.2 Å². The molecule has 0 radical (unpaired) electrons. The van der Waals surface area contributed by atoms with Crippen molar-refractivity contribution in [3.05, 3.63) is 93.2 Å². The number of hydrogen-bond acceptors (Lipinski definition) is 2. The van der Waals surface area contributed by atoms with Crippen LogP contribution in [0.2, 0.25) is 0 Å². The highest BCUT2D eigenvalue weighted by Crippen LogP contribution is 2.40. The fraction of sp³-hybridized carbons (Fsp3) is 0.500. The van der Waals surface area contributed by atoms with Crippen LogP contribution in [0.5, 0.6) is 0 Å². The highest BCUT2D eigenvalue weighted by Gasteiger charge is 2.33. The molecule has 2 aliphatic carbocycles. The van der Waals surface area contributed by atoms with E-state index in [1.807, 2.05) is 6.92 Å². The summed E-state index contributed by atoms with van der Waals surface area (Å²) in [6, 6.07) is 0. The number of rotatable bonds is 7. The Labute approximate surface area is 257 Å². The zero-order valence-electron chi connectivity index (χ0n) is 27.9. The van der Waals surface area contributed by atoms with Crippen LogP contribution in [-0.4, -0.2) is 22.4 Å². The highest BCUT2D eigenvalue weighted by atomic mass is 16.3. The lowest BCUT2D eigenvalue weighted by atomic mass is 9.72. The van der Waals surface area contributed by atoms with Gasteiger partial charge in [-0.05, 0) is 91.2 Å². The van der Waals surface area contributed by atoms with E-state index in [2.05, 4.69) is 135 Å². The molecule has 0 saturated heterocycles. The minimum Gasteiger partial charge on any atom is -0.393 e. The summed E-state index contributed by atoms with van der Waals surface area (Å²) >= 11 is 0. The van der Waals surface area contributed by atoms with Crippen LogP contribution in [0.1, 0.15) is 108 Å². The standard InChI is InChI=1S/C40H54O2/c1-29(17-13-19-31(3)21-23-37-33(5)25-35(41)27-39(37,7)8)15-11-12-16-30(2)18-14-20-32(4)22-24-38-34(6)26-36(42)28-40(38,9)10/h11-13,15-17,19-20,35-36,41-42H,14,18,25-28H2,1-10H3/b12-11+,17-13+,29-15+,30-16+,31-19+,32-20+/t35-,36-/m1/s1. The van der Waals surface area contributed by atoms with Crippen LogP contribution in [0.4, 0.5) is 0 Å². The Morgan fingerprint density at radius 1 is 0.738 bits per heavy atom. The molecule has 0 amide bonds. The van der Waals surface area contributed by atoms with Crippen molar-refractivity contribution in [3.63, 3.8) is 0 Å². The van der Waals surface area contributed by atoms with E-state index in [-0.39, 0.29) is 23.0 Å². The third-order valence-electron chi connectivity index (χ3n) is 8.10. The molecular weight excluding hydrogens is 512 g/mol. The predicted octanol–water partition coefficient (Wildman–Crippen LogP) is 9.67. The van der Waals surface area contributed by atoms with Gasteiger partial charge in [0, 0.05) is 22.0 Å². The van der Waals surface area contributed by atoms with Crippen molar-refractivity contribution in [2.75, 3.05) is 0 Å². The summed E-state index contributed by atoms with van der Waals surface area (Å²) in [7, 11) is 0. The first kappa shape index (κ1) is 35.2. The van der Waals surface area contributed by atoms with Crippen molar-refractivity contribution < 1.29 is 10.2 Å². The van der Waals surface area contributed by atoms with Gasteiger partial charge < -0.3 is 10.2 Å². The molecule has 2 N–H and O–H groups in total. The highest BCUT2D eigenvalue weighted by molar-refractivity contribution is 5.45. The second-order valence-electron chi connectivity index (χ2n) is 13.6. The first-order valence-corrected chi connectivity index (χ1v) is 15.4. The summed E-state index contributed by atoms with van der Waals surface area (Å²) < 4.78 is 0. The summed E-state index contributed by atoms with van der Waals surface area (Å²) in [5.41, 5.74) is 9.27. The second-order valence-corrected chi connectivity index (χ2v) is 13.6. The van der Waals surface area contributed by atoms with Crippen LogP contribution in [-0.2, 0) is 0 Å². The summed E-state index contributed by atoms with van der Waals surface area (Å²) in [6.07, 6.45) is 21.4. The Morgan fingerprint density at radius 2 is 1.24 bits per heavy atom. The molecule has 0 fully saturated rings. The number of hydrogen-bond donors (Lipinski definition) is 2. The second kappa shape index (κ2) is 16.0. The van der Waals surface area contributed by atoms with Gasteiger partial charge >= 0.3 is 0 Å². The van der Waals surface area contributed by atoms with Gasteiger partial charge in [-0.3, -0.25) is 0 Å². The van der Waals surface area contributed by atoms with E-state index < -0.39 is 0 Å². The molecule has 2 nitrogen and oxygen atoms in total. The largest absolute Gasteiger partial charge is 0.393 e. The Hall–Kier alpha value is -3.04. The Kier molecular flexibility index (Phi) is 13.4. The zero-order chi connectivity index (χ0) is 31.5. The van der Waals surface area contributed by atoms with Crippen molar-refractivity contribution in [1.29, 1.82) is 0 Å². The van der Waals surface area contributed by atoms with Gasteiger partial charge in [-0.25, -0.2) is 0 Å². The van der Waals surface area contributed by atoms with Crippen LogP contribution >= 0.6 is 0 Å². The molecule has 0 bridgehead atoms. The van der Waals surface area contributed by atoms with Crippen molar-refractivity contribution >= 4 is 0 Å². The number of allylic oxidation sites excluding steroid dienone is 14. The van der Waals surface area contributed by atoms with E-state index in [9.17, 15) is 10.2 Å². The minimum absolute atomic E-state index is 0.0660. The van der Waals surface area contributed by atoms with Gasteiger partial charge in [0.05, 0.1) is 12.2 Å². The first-order valence-electron chi connectivity index (χ1n) is 15.4. The van der Waals surface area contributed by atoms with Crippen molar-refractivity contribution in [1.82, 2.24) is 0 Å². The molecule has 2 atom stereocenters. The fourth-order valence-electron chi connectivity index (χ4n) is 5.99. The maximum Gasteiger partial charge on any atom is 0.0586 e. The van der Waals surface area contributed by atoms with Gasteiger partial charge in [0.2, 0.25) is 0 Å². The molecule has 2 heteroatoms. The molecule has 0 aromatic heterocycles. The fourth-order valence-corrected chi connectivity index (χ4v) is 5.99. The Morgan fingerprint density at radius 3 is 1.76 bits per heavy atom. The number of aliphatic hydroxyl groups is 2. The lowest BCUT2D eigenvalue weighted by molar-refractivity contribution is 0.116. The maximum absolute atomic E-state index is 10.1. The summed E-state index contributed by atoms with van der Waals surface area (Å²) in [4.78, 5) is 0. The van der Waals surface area contributed by atoms with Crippen LogP contribution in [0.3, 0.4) is 0 Å². The molecule has 0 spiro atoms. The van der Waals surface area contributed by atoms with Gasteiger partial charge in [-0.2, -0.15) is 0 Å². The van der Waals surface area contributed by atoms with Crippen molar-refractivity contribution in [2.24, 2.45) is 10.8 Å². The lowest BCUT2D eigenvalue weighted by Crippen LogP contribution is -2.28. The van der Waals surface area contributed by atoms with Gasteiger partial charge in [0.15, 0.2) is 0 Å². The molecule has 0 unspecified atom stereocenters. The summed E-state index contributed by atoms with van der Waals surface area (Å²) in [6.45, 7) is 21.3. The molecule has 226 valence electrons. The Bertz CT molecular complexity index is 1350. The van der Waals surface area contributed by atoms with Gasteiger partial charge in [0.1, 0.15) is 0 Å². The molecule has 0 aromatic rings. The van der Waals surface area contributed by atoms with E-state index in [0.717, 1.165) is 49.7 Å². The SMILES string of the molecule is CC1=C(C#C/C(C)=C/C=C/C(C)=C/C=C/C=C(\C)CC/C=C(\C)C#CC2=C(C)C[C@@H](O)CC2(C)C)C(C)(C)C[C@H](O)C1. The predicted molar refractivity (Wildman–Crippen MR) is 182 cm³/mol. The van der Waals surface area contributed by atoms with Crippen molar-refractivity contribution in [2.45, 2.75) is 120 Å². The van der Waals surface area contributed by atoms with Gasteiger partial charge in [-0.15, -0.1) is 0 Å². The number of aliphatic hydroxyl groups excluding tert-OH is 2. The van der Waals surface area contributed by atoms with Crippen LogP contribution < -0.4 is 0 Å². The molecule has 2 rings (SSSR count). The molecule has 42 heavy (non-hydrogen) atoms. The molecule has 2 aliphatic rings. The Balaban J connectivity index is 1.88. The monoisotopic (exact) mass is 566 g/mol. The third-order valence-corrected chi connectivity index (χ3v) is 8.10. The van der Waals surface area contributed by atoms with E-state index in [1.165, 1.54) is 33.4 Å². The smallest absolute Gasteiger partial charge is 0.0586 e. The van der Waals surface area contributed by atoms with Crippen molar-refractivity contribution in [3.8, 4) is 23.7 Å². The lowest BCUT2D eigenvalue weighted by Gasteiger charge is -2.34. The normalized spacial score (nSPS) is 23.7. The summed E-state index contributed by atoms with van der Waals surface area (Å²) in [5, 5.41) is 20.2. The van der Waals surface area contributed by atoms with Crippen LogP contribution in [0.25, 0.3) is 0 Å². The first-order chi connectivity index (χ1) is 19.6. The summed E-state index contributed by atoms with van der Waals surface area (Å²) in [5.74, 6) is 13.4. The maximum atomic E-state index is 10.1.